The van der Waals surface area contributed by atoms with E-state index in [1.54, 1.807) is 40.2 Å². The zero-order valence-corrected chi connectivity index (χ0v) is 17.7. The number of ketones is 2. The molecule has 2 rings (SSSR count). The van der Waals surface area contributed by atoms with Crippen molar-refractivity contribution < 1.29 is 28.6 Å². The molecule has 0 fully saturated rings. The van der Waals surface area contributed by atoms with Crippen LogP contribution in [0.15, 0.2) is 18.2 Å². The second-order valence-corrected chi connectivity index (χ2v) is 6.87. The molecule has 0 saturated carbocycles. The molecule has 0 bridgehead atoms. The number of Topliss-reactive ketones (excluding diaryl/α,β-unsaturated/α-hetero) is 2. The van der Waals surface area contributed by atoms with Crippen LogP contribution >= 0.6 is 0 Å². The van der Waals surface area contributed by atoms with Gasteiger partial charge in [0, 0.05) is 17.7 Å². The fraction of sp³-hybridized carbons (Fsp3) is 0.409. The predicted octanol–water partition coefficient (Wildman–Crippen LogP) is 3.60. The second-order valence-electron chi connectivity index (χ2n) is 6.87. The largest absolute Gasteiger partial charge is 0.493 e. The maximum atomic E-state index is 12.7. The smallest absolute Gasteiger partial charge is 0.306 e. The van der Waals surface area contributed by atoms with Crippen LogP contribution in [-0.4, -0.2) is 42.8 Å². The topological polar surface area (TPSA) is 94.7 Å². The molecule has 0 radical (unpaired) electrons. The molecule has 1 aromatic carbocycles. The van der Waals surface area contributed by atoms with Gasteiger partial charge in [-0.3, -0.25) is 14.4 Å². The minimum atomic E-state index is -0.954. The quantitative estimate of drug-likeness (QED) is 0.510. The Balaban J connectivity index is 2.00. The number of benzene rings is 1. The van der Waals surface area contributed by atoms with Gasteiger partial charge >= 0.3 is 5.97 Å². The Morgan fingerprint density at radius 1 is 1.07 bits per heavy atom. The first kappa shape index (κ1) is 22.2. The van der Waals surface area contributed by atoms with E-state index in [9.17, 15) is 14.4 Å². The van der Waals surface area contributed by atoms with Crippen LogP contribution in [0.2, 0.25) is 0 Å². The average Bonchev–Trinajstić information content (AvgIpc) is 2.99. The predicted molar refractivity (Wildman–Crippen MR) is 108 cm³/mol. The zero-order valence-electron chi connectivity index (χ0n) is 17.7. The monoisotopic (exact) mass is 401 g/mol. The van der Waals surface area contributed by atoms with Crippen LogP contribution in [0.25, 0.3) is 0 Å². The summed E-state index contributed by atoms with van der Waals surface area (Å²) in [7, 11) is 3.10. The third kappa shape index (κ3) is 5.04. The van der Waals surface area contributed by atoms with Gasteiger partial charge < -0.3 is 19.2 Å². The van der Waals surface area contributed by atoms with E-state index in [-0.39, 0.29) is 18.0 Å². The summed E-state index contributed by atoms with van der Waals surface area (Å²) in [5.41, 5.74) is 2.90. The minimum absolute atomic E-state index is 0.116. The molecule has 0 amide bonds. The summed E-state index contributed by atoms with van der Waals surface area (Å²) in [6, 6.07) is 5.42. The number of methoxy groups -OCH3 is 2. The van der Waals surface area contributed by atoms with E-state index < -0.39 is 12.1 Å². The van der Waals surface area contributed by atoms with E-state index in [2.05, 4.69) is 4.98 Å². The lowest BCUT2D eigenvalue weighted by molar-refractivity contribution is -0.146. The molecule has 1 heterocycles. The second kappa shape index (κ2) is 9.41. The number of carbonyl (C=O) groups is 3. The molecule has 0 spiro atoms. The van der Waals surface area contributed by atoms with Gasteiger partial charge in [-0.15, -0.1) is 0 Å². The van der Waals surface area contributed by atoms with Gasteiger partial charge in [0.25, 0.3) is 0 Å². The lowest BCUT2D eigenvalue weighted by atomic mass is 10.0. The maximum Gasteiger partial charge on any atom is 0.306 e. The maximum absolute atomic E-state index is 12.7. The molecule has 1 aromatic heterocycles. The van der Waals surface area contributed by atoms with Crippen molar-refractivity contribution in [1.29, 1.82) is 0 Å². The van der Waals surface area contributed by atoms with E-state index in [4.69, 9.17) is 14.2 Å². The summed E-state index contributed by atoms with van der Waals surface area (Å²) >= 11 is 0. The molecule has 156 valence electrons. The van der Waals surface area contributed by atoms with Crippen molar-refractivity contribution in [3.05, 3.63) is 46.3 Å². The summed E-state index contributed by atoms with van der Waals surface area (Å²) in [6.45, 7) is 6.42. The van der Waals surface area contributed by atoms with Crippen molar-refractivity contribution in [3.63, 3.8) is 0 Å². The Morgan fingerprint density at radius 3 is 2.28 bits per heavy atom. The molecule has 29 heavy (non-hydrogen) atoms. The highest BCUT2D eigenvalue weighted by molar-refractivity contribution is 6.05. The first-order chi connectivity index (χ1) is 13.7. The third-order valence-corrected chi connectivity index (χ3v) is 4.78. The van der Waals surface area contributed by atoms with Crippen LogP contribution in [0.1, 0.15) is 57.9 Å². The van der Waals surface area contributed by atoms with Crippen LogP contribution in [0.3, 0.4) is 0 Å². The molecule has 0 unspecified atom stereocenters. The SMILES string of the molecule is COc1ccc(CCC(=O)O[C@@H](C)C(=O)c2[nH]c(C)c(C(C)=O)c2C)cc1OC. The first-order valence-corrected chi connectivity index (χ1v) is 9.34. The van der Waals surface area contributed by atoms with E-state index in [0.29, 0.717) is 40.4 Å². The number of hydrogen-bond acceptors (Lipinski definition) is 6. The standard InChI is InChI=1S/C22H27NO6/c1-12-20(14(3)24)13(2)23-21(12)22(26)15(4)29-19(25)10-8-16-7-9-17(27-5)18(11-16)28-6/h7,9,11,15,23H,8,10H2,1-6H3/t15-/m0/s1. The highest BCUT2D eigenvalue weighted by Gasteiger charge is 2.25. The number of carbonyl (C=O) groups excluding carboxylic acids is 3. The Bertz CT molecular complexity index is 928. The summed E-state index contributed by atoms with van der Waals surface area (Å²) in [4.78, 5) is 39.6. The molecule has 1 atom stereocenters. The molecule has 2 aromatic rings. The van der Waals surface area contributed by atoms with Gasteiger partial charge in [-0.2, -0.15) is 0 Å². The number of nitrogens with one attached hydrogen (secondary N) is 1. The van der Waals surface area contributed by atoms with E-state index in [0.717, 1.165) is 5.56 Å². The van der Waals surface area contributed by atoms with Gasteiger partial charge in [0.1, 0.15) is 0 Å². The first-order valence-electron chi connectivity index (χ1n) is 9.34. The van der Waals surface area contributed by atoms with Crippen molar-refractivity contribution in [2.45, 2.75) is 46.6 Å². The number of esters is 1. The molecular formula is C22H27NO6. The number of H-pyrrole nitrogens is 1. The van der Waals surface area contributed by atoms with E-state index >= 15 is 0 Å². The zero-order chi connectivity index (χ0) is 21.7. The van der Waals surface area contributed by atoms with Crippen molar-refractivity contribution in [2.24, 2.45) is 0 Å². The number of aromatic nitrogens is 1. The minimum Gasteiger partial charge on any atom is -0.493 e. The Kier molecular flexibility index (Phi) is 7.20. The van der Waals surface area contributed by atoms with E-state index in [1.807, 2.05) is 6.07 Å². The summed E-state index contributed by atoms with van der Waals surface area (Å²) < 4.78 is 15.8. The van der Waals surface area contributed by atoms with Gasteiger partial charge in [0.2, 0.25) is 5.78 Å². The fourth-order valence-corrected chi connectivity index (χ4v) is 3.32. The molecule has 0 saturated heterocycles. The van der Waals surface area contributed by atoms with E-state index in [1.165, 1.54) is 13.8 Å². The number of aromatic amines is 1. The number of ether oxygens (including phenoxy) is 3. The molecule has 0 aliphatic rings. The van der Waals surface area contributed by atoms with Crippen molar-refractivity contribution in [2.75, 3.05) is 14.2 Å². The van der Waals surface area contributed by atoms with Gasteiger partial charge in [-0.05, 0) is 57.4 Å². The summed E-state index contributed by atoms with van der Waals surface area (Å²) in [5.74, 6) is 0.237. The van der Waals surface area contributed by atoms with Gasteiger partial charge in [0.05, 0.1) is 19.9 Å². The fourth-order valence-electron chi connectivity index (χ4n) is 3.32. The molecule has 7 nitrogen and oxygen atoms in total. The van der Waals surface area contributed by atoms with Gasteiger partial charge in [-0.25, -0.2) is 0 Å². The highest BCUT2D eigenvalue weighted by Crippen LogP contribution is 2.28. The van der Waals surface area contributed by atoms with Crippen LogP contribution in [0, 0.1) is 13.8 Å². The molecule has 1 N–H and O–H groups in total. The number of rotatable bonds is 9. The molecule has 7 heteroatoms. The molecular weight excluding hydrogens is 374 g/mol. The van der Waals surface area contributed by atoms with Crippen LogP contribution < -0.4 is 9.47 Å². The van der Waals surface area contributed by atoms with Crippen molar-refractivity contribution in [1.82, 2.24) is 4.98 Å². The van der Waals surface area contributed by atoms with Crippen molar-refractivity contribution in [3.8, 4) is 11.5 Å². The normalized spacial score (nSPS) is 11.7. The summed E-state index contributed by atoms with van der Waals surface area (Å²) in [5, 5.41) is 0. The van der Waals surface area contributed by atoms with Crippen molar-refractivity contribution >= 4 is 17.5 Å². The Hall–Kier alpha value is -3.09. The lowest BCUT2D eigenvalue weighted by Gasteiger charge is -2.13. The number of hydrogen-bond donors (Lipinski definition) is 1. The Labute approximate surface area is 170 Å². The van der Waals surface area contributed by atoms with Gasteiger partial charge in [0.15, 0.2) is 23.4 Å². The van der Waals surface area contributed by atoms with Crippen LogP contribution in [-0.2, 0) is 16.0 Å². The lowest BCUT2D eigenvalue weighted by Crippen LogP contribution is -2.25. The van der Waals surface area contributed by atoms with Gasteiger partial charge in [-0.1, -0.05) is 6.07 Å². The summed E-state index contributed by atoms with van der Waals surface area (Å²) in [6.07, 6.45) is -0.395. The number of aryl methyl sites for hydroxylation is 2. The molecule has 0 aliphatic carbocycles. The van der Waals surface area contributed by atoms with Crippen LogP contribution in [0.5, 0.6) is 11.5 Å². The Morgan fingerprint density at radius 2 is 1.72 bits per heavy atom. The van der Waals surface area contributed by atoms with Crippen LogP contribution in [0.4, 0.5) is 0 Å². The third-order valence-electron chi connectivity index (χ3n) is 4.78. The average molecular weight is 401 g/mol. The highest BCUT2D eigenvalue weighted by atomic mass is 16.5. The molecule has 0 aliphatic heterocycles.